The van der Waals surface area contributed by atoms with Gasteiger partial charge in [-0.3, -0.25) is 9.59 Å². The zero-order valence-electron chi connectivity index (χ0n) is 10.9. The minimum absolute atomic E-state index is 0.177. The van der Waals surface area contributed by atoms with Gasteiger partial charge in [0.15, 0.2) is 5.76 Å². The summed E-state index contributed by atoms with van der Waals surface area (Å²) in [6.07, 6.45) is 1.70. The first-order valence-corrected chi connectivity index (χ1v) is 7.71. The molecule has 106 valence electrons. The second kappa shape index (κ2) is 5.46. The van der Waals surface area contributed by atoms with Crippen molar-refractivity contribution in [2.45, 2.75) is 6.92 Å². The van der Waals surface area contributed by atoms with Crippen molar-refractivity contribution in [3.63, 3.8) is 0 Å². The number of ketones is 1. The van der Waals surface area contributed by atoms with Crippen LogP contribution in [-0.2, 0) is 4.79 Å². The maximum absolute atomic E-state index is 12.2. The standard InChI is InChI=1S/C15H9BrO4S/c1-8(17)19-10-2-3-12-13(5-10)20-14(15(12)18)6-11-4-9(16)7-21-11/h2-7H,1H3/b14-6-. The average Bonchev–Trinajstić information content (AvgIpc) is 2.94. The van der Waals surface area contributed by atoms with E-state index in [1.54, 1.807) is 24.3 Å². The number of carbonyl (C=O) groups excluding carboxylic acids is 2. The third kappa shape index (κ3) is 2.91. The summed E-state index contributed by atoms with van der Waals surface area (Å²) < 4.78 is 11.5. The second-order valence-electron chi connectivity index (χ2n) is 4.36. The summed E-state index contributed by atoms with van der Waals surface area (Å²) in [5.41, 5.74) is 0.466. The van der Waals surface area contributed by atoms with E-state index in [-0.39, 0.29) is 11.5 Å². The van der Waals surface area contributed by atoms with Crippen molar-refractivity contribution in [3.05, 3.63) is 50.3 Å². The van der Waals surface area contributed by atoms with Gasteiger partial charge >= 0.3 is 5.97 Å². The van der Waals surface area contributed by atoms with Gasteiger partial charge < -0.3 is 9.47 Å². The first kappa shape index (κ1) is 14.0. The van der Waals surface area contributed by atoms with E-state index in [9.17, 15) is 9.59 Å². The van der Waals surface area contributed by atoms with Gasteiger partial charge in [0.05, 0.1) is 5.56 Å². The number of carbonyl (C=O) groups is 2. The molecule has 1 aromatic heterocycles. The lowest BCUT2D eigenvalue weighted by atomic mass is 10.1. The topological polar surface area (TPSA) is 52.6 Å². The van der Waals surface area contributed by atoms with E-state index in [0.29, 0.717) is 17.1 Å². The summed E-state index contributed by atoms with van der Waals surface area (Å²) in [5, 5.41) is 1.93. The number of thiophene rings is 1. The zero-order chi connectivity index (χ0) is 15.0. The lowest BCUT2D eigenvalue weighted by Gasteiger charge is -2.02. The third-order valence-electron chi connectivity index (χ3n) is 2.76. The normalized spacial score (nSPS) is 15.0. The van der Waals surface area contributed by atoms with E-state index in [1.807, 2.05) is 11.4 Å². The van der Waals surface area contributed by atoms with Crippen LogP contribution in [0.15, 0.2) is 39.9 Å². The lowest BCUT2D eigenvalue weighted by Crippen LogP contribution is -2.01. The maximum Gasteiger partial charge on any atom is 0.308 e. The van der Waals surface area contributed by atoms with Gasteiger partial charge in [-0.05, 0) is 34.1 Å². The van der Waals surface area contributed by atoms with Gasteiger partial charge in [0.1, 0.15) is 11.5 Å². The molecule has 0 unspecified atom stereocenters. The minimum Gasteiger partial charge on any atom is -0.452 e. The van der Waals surface area contributed by atoms with Crippen LogP contribution in [0.3, 0.4) is 0 Å². The lowest BCUT2D eigenvalue weighted by molar-refractivity contribution is -0.131. The monoisotopic (exact) mass is 364 g/mol. The minimum atomic E-state index is -0.418. The Bertz CT molecular complexity index is 776. The first-order chi connectivity index (χ1) is 10.0. The molecular formula is C15H9BrO4S. The Hall–Kier alpha value is -1.92. The molecule has 0 aliphatic carbocycles. The van der Waals surface area contributed by atoms with Gasteiger partial charge in [-0.15, -0.1) is 11.3 Å². The summed E-state index contributed by atoms with van der Waals surface area (Å²) in [6, 6.07) is 6.62. The van der Waals surface area contributed by atoms with Crippen molar-refractivity contribution in [2.24, 2.45) is 0 Å². The number of Topliss-reactive ketones (excluding diaryl/α,β-unsaturated/α-hetero) is 1. The number of hydrogen-bond donors (Lipinski definition) is 0. The molecule has 2 heterocycles. The number of benzene rings is 1. The predicted molar refractivity (Wildman–Crippen MR) is 82.7 cm³/mol. The van der Waals surface area contributed by atoms with E-state index >= 15 is 0 Å². The highest BCUT2D eigenvalue weighted by Crippen LogP contribution is 2.35. The van der Waals surface area contributed by atoms with Crippen molar-refractivity contribution < 1.29 is 19.1 Å². The number of halogens is 1. The van der Waals surface area contributed by atoms with Crippen LogP contribution in [0.4, 0.5) is 0 Å². The summed E-state index contributed by atoms with van der Waals surface area (Å²) in [6.45, 7) is 1.32. The van der Waals surface area contributed by atoms with E-state index in [4.69, 9.17) is 9.47 Å². The van der Waals surface area contributed by atoms with Gasteiger partial charge in [-0.25, -0.2) is 0 Å². The molecule has 21 heavy (non-hydrogen) atoms. The van der Waals surface area contributed by atoms with Crippen LogP contribution in [0, 0.1) is 0 Å². The molecule has 0 fully saturated rings. The fourth-order valence-corrected chi connectivity index (χ4v) is 3.30. The van der Waals surface area contributed by atoms with E-state index in [0.717, 1.165) is 9.35 Å². The molecule has 2 aromatic rings. The number of allylic oxidation sites excluding steroid dienone is 1. The smallest absolute Gasteiger partial charge is 0.308 e. The molecule has 1 aromatic carbocycles. The highest BCUT2D eigenvalue weighted by molar-refractivity contribution is 9.10. The summed E-state index contributed by atoms with van der Waals surface area (Å²) in [5.74, 6) is 0.427. The van der Waals surface area contributed by atoms with Crippen LogP contribution in [0.5, 0.6) is 11.5 Å². The van der Waals surface area contributed by atoms with Crippen LogP contribution >= 0.6 is 27.3 Å². The van der Waals surface area contributed by atoms with E-state index in [2.05, 4.69) is 15.9 Å². The molecule has 1 aliphatic heterocycles. The van der Waals surface area contributed by atoms with Crippen LogP contribution in [0.2, 0.25) is 0 Å². The Kier molecular flexibility index (Phi) is 3.65. The molecule has 0 saturated heterocycles. The molecule has 0 atom stereocenters. The predicted octanol–water partition coefficient (Wildman–Crippen LogP) is 4.05. The Balaban J connectivity index is 1.91. The first-order valence-electron chi connectivity index (χ1n) is 6.03. The molecule has 0 bridgehead atoms. The highest BCUT2D eigenvalue weighted by atomic mass is 79.9. The van der Waals surface area contributed by atoms with E-state index in [1.165, 1.54) is 18.3 Å². The van der Waals surface area contributed by atoms with Crippen molar-refractivity contribution >= 4 is 45.1 Å². The van der Waals surface area contributed by atoms with Crippen LogP contribution in [-0.4, -0.2) is 11.8 Å². The Morgan fingerprint density at radius 1 is 1.38 bits per heavy atom. The fourth-order valence-electron chi connectivity index (χ4n) is 1.93. The number of fused-ring (bicyclic) bond motifs is 1. The summed E-state index contributed by atoms with van der Waals surface area (Å²) in [4.78, 5) is 24.1. The van der Waals surface area contributed by atoms with Crippen molar-refractivity contribution in [1.82, 2.24) is 0 Å². The Labute approximate surface area is 133 Å². The summed E-state index contributed by atoms with van der Waals surface area (Å²) >= 11 is 4.87. The molecule has 0 amide bonds. The summed E-state index contributed by atoms with van der Waals surface area (Å²) in [7, 11) is 0. The Morgan fingerprint density at radius 3 is 2.86 bits per heavy atom. The van der Waals surface area contributed by atoms with Gasteiger partial charge in [0.25, 0.3) is 0 Å². The number of hydrogen-bond acceptors (Lipinski definition) is 5. The van der Waals surface area contributed by atoms with Crippen molar-refractivity contribution in [3.8, 4) is 11.5 Å². The van der Waals surface area contributed by atoms with Gasteiger partial charge in [-0.1, -0.05) is 0 Å². The Morgan fingerprint density at radius 2 is 2.19 bits per heavy atom. The zero-order valence-corrected chi connectivity index (χ0v) is 13.3. The number of ether oxygens (including phenoxy) is 2. The maximum atomic E-state index is 12.2. The molecule has 0 saturated carbocycles. The molecule has 6 heteroatoms. The molecule has 0 N–H and O–H groups in total. The van der Waals surface area contributed by atoms with Crippen LogP contribution in [0.1, 0.15) is 22.2 Å². The number of rotatable bonds is 2. The highest BCUT2D eigenvalue weighted by Gasteiger charge is 2.28. The van der Waals surface area contributed by atoms with Gasteiger partial charge in [0.2, 0.25) is 5.78 Å². The van der Waals surface area contributed by atoms with Crippen LogP contribution < -0.4 is 9.47 Å². The number of esters is 1. The quantitative estimate of drug-likeness (QED) is 0.458. The van der Waals surface area contributed by atoms with Crippen LogP contribution in [0.25, 0.3) is 6.08 Å². The molecule has 0 radical (unpaired) electrons. The van der Waals surface area contributed by atoms with E-state index < -0.39 is 5.97 Å². The van der Waals surface area contributed by atoms with Gasteiger partial charge in [-0.2, -0.15) is 0 Å². The molecule has 1 aliphatic rings. The van der Waals surface area contributed by atoms with Crippen molar-refractivity contribution in [1.29, 1.82) is 0 Å². The molecule has 3 rings (SSSR count). The van der Waals surface area contributed by atoms with Crippen molar-refractivity contribution in [2.75, 3.05) is 0 Å². The third-order valence-corrected chi connectivity index (χ3v) is 4.40. The average molecular weight is 365 g/mol. The molecule has 4 nitrogen and oxygen atoms in total. The second-order valence-corrected chi connectivity index (χ2v) is 6.22. The molecule has 0 spiro atoms. The fraction of sp³-hybridized carbons (Fsp3) is 0.0667. The SMILES string of the molecule is CC(=O)Oc1ccc2c(c1)O/C(=C\c1cc(Br)cs1)C2=O. The largest absolute Gasteiger partial charge is 0.452 e. The van der Waals surface area contributed by atoms with Gasteiger partial charge in [0, 0.05) is 33.8 Å². The molecular weight excluding hydrogens is 356 g/mol.